The maximum atomic E-state index is 11.7. The van der Waals surface area contributed by atoms with Gasteiger partial charge in [0.05, 0.1) is 12.5 Å². The molecule has 0 radical (unpaired) electrons. The Labute approximate surface area is 107 Å². The van der Waals surface area contributed by atoms with E-state index in [-0.39, 0.29) is 17.4 Å². The molecule has 0 spiro atoms. The molecule has 18 heavy (non-hydrogen) atoms. The molecule has 0 aromatic heterocycles. The predicted molar refractivity (Wildman–Crippen MR) is 64.9 cm³/mol. The van der Waals surface area contributed by atoms with Crippen molar-refractivity contribution in [1.29, 1.82) is 0 Å². The zero-order chi connectivity index (χ0) is 13.6. The molecule has 5 nitrogen and oxygen atoms in total. The van der Waals surface area contributed by atoms with Gasteiger partial charge in [-0.1, -0.05) is 0 Å². The van der Waals surface area contributed by atoms with Crippen LogP contribution in [0.25, 0.3) is 0 Å². The van der Waals surface area contributed by atoms with Crippen LogP contribution in [0.1, 0.15) is 40.0 Å². The van der Waals surface area contributed by atoms with Crippen LogP contribution >= 0.6 is 0 Å². The number of methoxy groups -OCH3 is 1. The summed E-state index contributed by atoms with van der Waals surface area (Å²) in [5, 5.41) is 2.86. The molecule has 3 saturated carbocycles. The van der Waals surface area contributed by atoms with E-state index in [2.05, 4.69) is 5.32 Å². The number of amides is 1. The van der Waals surface area contributed by atoms with E-state index in [4.69, 9.17) is 9.47 Å². The second kappa shape index (κ2) is 4.14. The molecule has 0 unspecified atom stereocenters. The molecule has 1 atom stereocenters. The van der Waals surface area contributed by atoms with Gasteiger partial charge in [0.15, 0.2) is 0 Å². The summed E-state index contributed by atoms with van der Waals surface area (Å²) in [5.41, 5.74) is -0.842. The lowest BCUT2D eigenvalue weighted by Gasteiger charge is -2.35. The molecule has 3 aliphatic rings. The fourth-order valence-corrected chi connectivity index (χ4v) is 3.08. The lowest BCUT2D eigenvalue weighted by Crippen LogP contribution is -2.41. The van der Waals surface area contributed by atoms with Gasteiger partial charge in [-0.2, -0.15) is 0 Å². The summed E-state index contributed by atoms with van der Waals surface area (Å²) >= 11 is 0. The number of ether oxygens (including phenoxy) is 2. The first-order valence-corrected chi connectivity index (χ1v) is 6.34. The summed E-state index contributed by atoms with van der Waals surface area (Å²) in [5.74, 6) is 0.240. The molecular formula is C13H21NO4. The Kier molecular flexibility index (Phi) is 3.03. The first kappa shape index (κ1) is 13.2. The maximum absolute atomic E-state index is 11.7. The molecule has 3 rings (SSSR count). The highest BCUT2D eigenvalue weighted by Crippen LogP contribution is 2.59. The summed E-state index contributed by atoms with van der Waals surface area (Å²) in [6.07, 6.45) is 1.91. The van der Waals surface area contributed by atoms with Gasteiger partial charge in [-0.05, 0) is 46.0 Å². The van der Waals surface area contributed by atoms with E-state index in [0.29, 0.717) is 12.3 Å². The van der Waals surface area contributed by atoms with Crippen molar-refractivity contribution in [2.24, 2.45) is 11.3 Å². The van der Waals surface area contributed by atoms with E-state index in [1.165, 1.54) is 7.11 Å². The molecule has 102 valence electrons. The van der Waals surface area contributed by atoms with Gasteiger partial charge in [0.1, 0.15) is 5.60 Å². The predicted octanol–water partition coefficient (Wildman–Crippen LogP) is 1.85. The molecule has 0 saturated heterocycles. The number of carbonyl (C=O) groups is 2. The Morgan fingerprint density at radius 1 is 1.22 bits per heavy atom. The van der Waals surface area contributed by atoms with Crippen LogP contribution in [0.15, 0.2) is 0 Å². The summed E-state index contributed by atoms with van der Waals surface area (Å²) in [6, 6.07) is 0.0407. The van der Waals surface area contributed by atoms with Crippen molar-refractivity contribution in [3.8, 4) is 0 Å². The van der Waals surface area contributed by atoms with Gasteiger partial charge in [0, 0.05) is 6.04 Å². The SMILES string of the molecule is COC(=O)C12CC(C1)[C@H](NC(=O)OC(C)(C)C)C2. The van der Waals surface area contributed by atoms with Crippen molar-refractivity contribution in [3.05, 3.63) is 0 Å². The van der Waals surface area contributed by atoms with Crippen LogP contribution in [0.5, 0.6) is 0 Å². The number of rotatable bonds is 2. The average Bonchev–Trinajstić information content (AvgIpc) is 2.67. The van der Waals surface area contributed by atoms with E-state index in [1.807, 2.05) is 20.8 Å². The zero-order valence-corrected chi connectivity index (χ0v) is 11.4. The Morgan fingerprint density at radius 2 is 1.83 bits per heavy atom. The van der Waals surface area contributed by atoms with Gasteiger partial charge in [-0.3, -0.25) is 4.79 Å². The van der Waals surface area contributed by atoms with Gasteiger partial charge < -0.3 is 14.8 Å². The minimum Gasteiger partial charge on any atom is -0.469 e. The molecule has 2 bridgehead atoms. The average molecular weight is 255 g/mol. The number of nitrogens with one attached hydrogen (secondary N) is 1. The minimum atomic E-state index is -0.494. The van der Waals surface area contributed by atoms with E-state index < -0.39 is 11.7 Å². The Balaban J connectivity index is 1.88. The third kappa shape index (κ3) is 2.31. The highest BCUT2D eigenvalue weighted by atomic mass is 16.6. The molecule has 0 heterocycles. The summed E-state index contributed by atoms with van der Waals surface area (Å²) < 4.78 is 10.0. The van der Waals surface area contributed by atoms with Crippen molar-refractivity contribution < 1.29 is 19.1 Å². The molecule has 0 aromatic rings. The lowest BCUT2D eigenvalue weighted by molar-refractivity contribution is -0.157. The normalized spacial score (nSPS) is 33.6. The van der Waals surface area contributed by atoms with Crippen LogP contribution in [-0.2, 0) is 14.3 Å². The van der Waals surface area contributed by atoms with E-state index in [9.17, 15) is 9.59 Å². The van der Waals surface area contributed by atoms with Crippen molar-refractivity contribution >= 4 is 12.1 Å². The Bertz CT molecular complexity index is 366. The van der Waals surface area contributed by atoms with Crippen LogP contribution in [0.3, 0.4) is 0 Å². The molecule has 1 N–H and O–H groups in total. The largest absolute Gasteiger partial charge is 0.469 e. The number of alkyl carbamates (subject to hydrolysis) is 1. The molecule has 3 fully saturated rings. The monoisotopic (exact) mass is 255 g/mol. The van der Waals surface area contributed by atoms with Crippen molar-refractivity contribution in [3.63, 3.8) is 0 Å². The molecular weight excluding hydrogens is 234 g/mol. The zero-order valence-electron chi connectivity index (χ0n) is 11.4. The number of hydrogen-bond acceptors (Lipinski definition) is 4. The quantitative estimate of drug-likeness (QED) is 0.765. The molecule has 0 aliphatic heterocycles. The van der Waals surface area contributed by atoms with E-state index in [1.54, 1.807) is 0 Å². The van der Waals surface area contributed by atoms with Crippen LogP contribution in [0.2, 0.25) is 0 Å². The first-order valence-electron chi connectivity index (χ1n) is 6.34. The second-order valence-corrected chi connectivity index (χ2v) is 6.40. The van der Waals surface area contributed by atoms with Gasteiger partial charge in [0.2, 0.25) is 0 Å². The standard InChI is InChI=1S/C13H21NO4/c1-12(2,3)18-11(16)14-9-7-13(10(15)17-4)5-8(9)6-13/h8-9H,5-7H2,1-4H3,(H,14,16)/t8?,9-,13?/m1/s1. The lowest BCUT2D eigenvalue weighted by atomic mass is 9.69. The summed E-state index contributed by atoms with van der Waals surface area (Å²) in [4.78, 5) is 23.3. The topological polar surface area (TPSA) is 64.6 Å². The number of fused-ring (bicyclic) bond motifs is 1. The van der Waals surface area contributed by atoms with Crippen LogP contribution in [0.4, 0.5) is 4.79 Å². The number of carbonyl (C=O) groups excluding carboxylic acids is 2. The van der Waals surface area contributed by atoms with Gasteiger partial charge in [-0.25, -0.2) is 4.79 Å². The minimum absolute atomic E-state index is 0.0407. The molecule has 5 heteroatoms. The fraction of sp³-hybridized carbons (Fsp3) is 0.846. The van der Waals surface area contributed by atoms with Crippen LogP contribution in [0, 0.1) is 11.3 Å². The van der Waals surface area contributed by atoms with E-state index >= 15 is 0 Å². The Hall–Kier alpha value is -1.26. The first-order chi connectivity index (χ1) is 8.26. The fourth-order valence-electron chi connectivity index (χ4n) is 3.08. The van der Waals surface area contributed by atoms with Crippen molar-refractivity contribution in [2.75, 3.05) is 7.11 Å². The third-order valence-corrected chi connectivity index (χ3v) is 3.81. The summed E-state index contributed by atoms with van der Waals surface area (Å²) in [6.45, 7) is 5.49. The highest BCUT2D eigenvalue weighted by molar-refractivity contribution is 5.79. The molecule has 3 aliphatic carbocycles. The maximum Gasteiger partial charge on any atom is 0.407 e. The highest BCUT2D eigenvalue weighted by Gasteiger charge is 2.61. The second-order valence-electron chi connectivity index (χ2n) is 6.40. The molecule has 0 aromatic carbocycles. The van der Waals surface area contributed by atoms with Gasteiger partial charge >= 0.3 is 12.1 Å². The van der Waals surface area contributed by atoms with Gasteiger partial charge in [0.25, 0.3) is 0 Å². The van der Waals surface area contributed by atoms with E-state index in [0.717, 1.165) is 12.8 Å². The van der Waals surface area contributed by atoms with Crippen LogP contribution < -0.4 is 5.32 Å². The van der Waals surface area contributed by atoms with Crippen molar-refractivity contribution in [2.45, 2.75) is 51.7 Å². The molecule has 1 amide bonds. The summed E-state index contributed by atoms with van der Waals surface area (Å²) in [7, 11) is 1.42. The number of hydrogen-bond donors (Lipinski definition) is 1. The van der Waals surface area contributed by atoms with Gasteiger partial charge in [-0.15, -0.1) is 0 Å². The number of esters is 1. The Morgan fingerprint density at radius 3 is 2.33 bits per heavy atom. The van der Waals surface area contributed by atoms with Crippen LogP contribution in [-0.4, -0.2) is 30.8 Å². The smallest absolute Gasteiger partial charge is 0.407 e. The third-order valence-electron chi connectivity index (χ3n) is 3.81. The van der Waals surface area contributed by atoms with Crippen molar-refractivity contribution in [1.82, 2.24) is 5.32 Å².